The number of rotatable bonds is 6. The zero-order valence-corrected chi connectivity index (χ0v) is 16.9. The van der Waals surface area contributed by atoms with Gasteiger partial charge in [-0.3, -0.25) is 19.3 Å². The molecule has 0 aromatic heterocycles. The Morgan fingerprint density at radius 1 is 0.931 bits per heavy atom. The van der Waals surface area contributed by atoms with Crippen LogP contribution in [0.3, 0.4) is 0 Å². The molecule has 0 spiro atoms. The van der Waals surface area contributed by atoms with Crippen molar-refractivity contribution in [1.29, 1.82) is 0 Å². The van der Waals surface area contributed by atoms with Gasteiger partial charge in [0.15, 0.2) is 5.78 Å². The highest BCUT2D eigenvalue weighted by molar-refractivity contribution is 5.98. The second-order valence-electron chi connectivity index (χ2n) is 7.47. The smallest absolute Gasteiger partial charge is 0.241 e. The molecule has 1 fully saturated rings. The van der Waals surface area contributed by atoms with E-state index in [1.807, 2.05) is 37.3 Å². The van der Waals surface area contributed by atoms with E-state index in [9.17, 15) is 14.4 Å². The maximum atomic E-state index is 12.6. The van der Waals surface area contributed by atoms with Crippen molar-refractivity contribution < 1.29 is 14.4 Å². The number of benzene rings is 2. The van der Waals surface area contributed by atoms with Gasteiger partial charge < -0.3 is 10.6 Å². The third kappa shape index (κ3) is 5.51. The van der Waals surface area contributed by atoms with Gasteiger partial charge in [-0.1, -0.05) is 30.3 Å². The van der Waals surface area contributed by atoms with Crippen molar-refractivity contribution >= 4 is 29.0 Å². The summed E-state index contributed by atoms with van der Waals surface area (Å²) in [6, 6.07) is 16.1. The van der Waals surface area contributed by atoms with Crippen LogP contribution < -0.4 is 10.6 Å². The number of ketones is 1. The van der Waals surface area contributed by atoms with Crippen molar-refractivity contribution in [3.8, 4) is 0 Å². The van der Waals surface area contributed by atoms with E-state index >= 15 is 0 Å². The van der Waals surface area contributed by atoms with Gasteiger partial charge in [0, 0.05) is 22.9 Å². The van der Waals surface area contributed by atoms with Gasteiger partial charge in [0.1, 0.15) is 0 Å². The average molecular weight is 393 g/mol. The third-order valence-electron chi connectivity index (χ3n) is 5.41. The Morgan fingerprint density at radius 3 is 2.24 bits per heavy atom. The van der Waals surface area contributed by atoms with E-state index < -0.39 is 0 Å². The Bertz CT molecular complexity index is 874. The standard InChI is InChI=1S/C23H27N3O3/c1-16(22(28)25-21-10-6-7-19(15-21)17(2)27)26-13-11-18(12-14-26)23(29)24-20-8-4-3-5-9-20/h3-10,15-16,18H,11-14H2,1-2H3,(H,24,29)(H,25,28)/t16-/m1/s1. The number of Topliss-reactive ketones (excluding diaryl/α,β-unsaturated/α-hetero) is 1. The summed E-state index contributed by atoms with van der Waals surface area (Å²) >= 11 is 0. The Morgan fingerprint density at radius 2 is 1.59 bits per heavy atom. The zero-order valence-electron chi connectivity index (χ0n) is 16.9. The number of nitrogens with zero attached hydrogens (tertiary/aromatic N) is 1. The summed E-state index contributed by atoms with van der Waals surface area (Å²) in [6.45, 7) is 4.75. The molecule has 0 radical (unpaired) electrons. The van der Waals surface area contributed by atoms with Crippen LogP contribution in [-0.2, 0) is 9.59 Å². The van der Waals surface area contributed by atoms with Crippen molar-refractivity contribution in [2.24, 2.45) is 5.92 Å². The van der Waals surface area contributed by atoms with E-state index in [0.29, 0.717) is 24.3 Å². The van der Waals surface area contributed by atoms with Crippen molar-refractivity contribution in [2.45, 2.75) is 32.7 Å². The van der Waals surface area contributed by atoms with Crippen LogP contribution in [0.25, 0.3) is 0 Å². The molecular weight excluding hydrogens is 366 g/mol. The summed E-state index contributed by atoms with van der Waals surface area (Å²) < 4.78 is 0. The molecule has 152 valence electrons. The van der Waals surface area contributed by atoms with Crippen LogP contribution in [0, 0.1) is 5.92 Å². The number of anilines is 2. The molecule has 2 amide bonds. The number of likely N-dealkylation sites (tertiary alicyclic amines) is 1. The van der Waals surface area contributed by atoms with E-state index in [1.165, 1.54) is 6.92 Å². The second kappa shape index (κ2) is 9.47. The number of hydrogen-bond acceptors (Lipinski definition) is 4. The fourth-order valence-corrected chi connectivity index (χ4v) is 3.54. The summed E-state index contributed by atoms with van der Waals surface area (Å²) in [5, 5.41) is 5.85. The fraction of sp³-hybridized carbons (Fsp3) is 0.348. The van der Waals surface area contributed by atoms with Gasteiger partial charge in [-0.15, -0.1) is 0 Å². The minimum absolute atomic E-state index is 0.0361. The predicted molar refractivity (Wildman–Crippen MR) is 114 cm³/mol. The highest BCUT2D eigenvalue weighted by Gasteiger charge is 2.29. The predicted octanol–water partition coefficient (Wildman–Crippen LogP) is 3.57. The molecule has 2 aromatic carbocycles. The van der Waals surface area contributed by atoms with E-state index in [2.05, 4.69) is 15.5 Å². The average Bonchev–Trinajstić information content (AvgIpc) is 2.74. The van der Waals surface area contributed by atoms with Gasteiger partial charge >= 0.3 is 0 Å². The van der Waals surface area contributed by atoms with E-state index in [4.69, 9.17) is 0 Å². The Balaban J connectivity index is 1.51. The molecule has 3 rings (SSSR count). The molecule has 29 heavy (non-hydrogen) atoms. The summed E-state index contributed by atoms with van der Waals surface area (Å²) in [5.41, 5.74) is 1.99. The highest BCUT2D eigenvalue weighted by atomic mass is 16.2. The third-order valence-corrected chi connectivity index (χ3v) is 5.41. The van der Waals surface area contributed by atoms with Gasteiger partial charge in [0.2, 0.25) is 11.8 Å². The lowest BCUT2D eigenvalue weighted by Gasteiger charge is -2.34. The summed E-state index contributed by atoms with van der Waals surface area (Å²) in [7, 11) is 0. The molecule has 1 heterocycles. The minimum atomic E-state index is -0.311. The van der Waals surface area contributed by atoms with E-state index in [1.54, 1.807) is 24.3 Å². The molecule has 0 unspecified atom stereocenters. The van der Waals surface area contributed by atoms with Gasteiger partial charge in [0.05, 0.1) is 6.04 Å². The Kier molecular flexibility index (Phi) is 6.77. The van der Waals surface area contributed by atoms with Crippen LogP contribution in [-0.4, -0.2) is 41.6 Å². The number of hydrogen-bond donors (Lipinski definition) is 2. The van der Waals surface area contributed by atoms with E-state index in [-0.39, 0.29) is 29.6 Å². The number of piperidine rings is 1. The molecule has 2 aromatic rings. The van der Waals surface area contributed by atoms with Crippen molar-refractivity contribution in [3.05, 3.63) is 60.2 Å². The lowest BCUT2D eigenvalue weighted by Crippen LogP contribution is -2.47. The van der Waals surface area contributed by atoms with Crippen LogP contribution >= 0.6 is 0 Å². The largest absolute Gasteiger partial charge is 0.326 e. The molecule has 2 N–H and O–H groups in total. The first-order valence-electron chi connectivity index (χ1n) is 9.96. The fourth-order valence-electron chi connectivity index (χ4n) is 3.54. The second-order valence-corrected chi connectivity index (χ2v) is 7.47. The molecule has 0 bridgehead atoms. The van der Waals surface area contributed by atoms with Crippen molar-refractivity contribution in [3.63, 3.8) is 0 Å². The quantitative estimate of drug-likeness (QED) is 0.736. The molecule has 6 nitrogen and oxygen atoms in total. The lowest BCUT2D eigenvalue weighted by atomic mass is 9.94. The zero-order chi connectivity index (χ0) is 20.8. The van der Waals surface area contributed by atoms with Gasteiger partial charge in [-0.2, -0.15) is 0 Å². The highest BCUT2D eigenvalue weighted by Crippen LogP contribution is 2.22. The maximum Gasteiger partial charge on any atom is 0.241 e. The normalized spacial score (nSPS) is 16.1. The number of carbonyl (C=O) groups excluding carboxylic acids is 3. The number of carbonyl (C=O) groups is 3. The van der Waals surface area contributed by atoms with Crippen molar-refractivity contribution in [1.82, 2.24) is 4.90 Å². The molecule has 6 heteroatoms. The maximum absolute atomic E-state index is 12.6. The van der Waals surface area contributed by atoms with Gasteiger partial charge in [-0.25, -0.2) is 0 Å². The number of amides is 2. The molecule has 1 aliphatic rings. The van der Waals surface area contributed by atoms with Crippen LogP contribution in [0.15, 0.2) is 54.6 Å². The Hall–Kier alpha value is -2.99. The lowest BCUT2D eigenvalue weighted by molar-refractivity contribution is -0.123. The number of nitrogens with one attached hydrogen (secondary N) is 2. The first-order chi connectivity index (χ1) is 13.9. The topological polar surface area (TPSA) is 78.5 Å². The van der Waals surface area contributed by atoms with E-state index in [0.717, 1.165) is 18.5 Å². The van der Waals surface area contributed by atoms with Gasteiger partial charge in [0.25, 0.3) is 0 Å². The Labute approximate surface area is 171 Å². The molecule has 0 saturated carbocycles. The minimum Gasteiger partial charge on any atom is -0.326 e. The molecule has 0 aliphatic carbocycles. The summed E-state index contributed by atoms with van der Waals surface area (Å²) in [6.07, 6.45) is 1.44. The first kappa shape index (κ1) is 20.7. The van der Waals surface area contributed by atoms with Gasteiger partial charge in [-0.05, 0) is 64.0 Å². The van der Waals surface area contributed by atoms with Crippen LogP contribution in [0.2, 0.25) is 0 Å². The van der Waals surface area contributed by atoms with Crippen LogP contribution in [0.4, 0.5) is 11.4 Å². The van der Waals surface area contributed by atoms with Crippen LogP contribution in [0.5, 0.6) is 0 Å². The molecule has 1 atom stereocenters. The van der Waals surface area contributed by atoms with Crippen molar-refractivity contribution in [2.75, 3.05) is 23.7 Å². The molecular formula is C23H27N3O3. The summed E-state index contributed by atoms with van der Waals surface area (Å²) in [4.78, 5) is 38.7. The van der Waals surface area contributed by atoms with Crippen LogP contribution in [0.1, 0.15) is 37.0 Å². The monoisotopic (exact) mass is 393 g/mol. The number of para-hydroxylation sites is 1. The molecule has 1 saturated heterocycles. The first-order valence-corrected chi connectivity index (χ1v) is 9.96. The SMILES string of the molecule is CC(=O)c1cccc(NC(=O)[C@@H](C)N2CCC(C(=O)Nc3ccccc3)CC2)c1. The summed E-state index contributed by atoms with van der Waals surface area (Å²) in [5.74, 6) is -0.161. The molecule has 1 aliphatic heterocycles.